The molecule has 0 aliphatic heterocycles. The van der Waals surface area contributed by atoms with E-state index in [0.717, 1.165) is 24.4 Å². The third kappa shape index (κ3) is 2.99. The Morgan fingerprint density at radius 2 is 2.24 bits per heavy atom. The van der Waals surface area contributed by atoms with Crippen LogP contribution in [-0.2, 0) is 6.42 Å². The van der Waals surface area contributed by atoms with Gasteiger partial charge in [-0.15, -0.1) is 0 Å². The summed E-state index contributed by atoms with van der Waals surface area (Å²) >= 11 is 6.00. The molecular weight excluding hydrogens is 237 g/mol. The molecule has 1 unspecified atom stereocenters. The van der Waals surface area contributed by atoms with Crippen LogP contribution in [0, 0.1) is 11.7 Å². The fourth-order valence-corrected chi connectivity index (χ4v) is 2.66. The highest BCUT2D eigenvalue weighted by atomic mass is 35.5. The number of benzene rings is 1. The van der Waals surface area contributed by atoms with Crippen LogP contribution in [0.25, 0.3) is 0 Å². The molecule has 3 heteroatoms. The fourth-order valence-electron chi connectivity index (χ4n) is 2.45. The molecular formula is C14H19ClFN. The lowest BCUT2D eigenvalue weighted by Gasteiger charge is -2.34. The lowest BCUT2D eigenvalue weighted by molar-refractivity contribution is 0.229. The van der Waals surface area contributed by atoms with E-state index < -0.39 is 0 Å². The maximum absolute atomic E-state index is 13.4. The van der Waals surface area contributed by atoms with Crippen molar-refractivity contribution in [3.05, 3.63) is 34.6 Å². The molecule has 1 fully saturated rings. The summed E-state index contributed by atoms with van der Waals surface area (Å²) in [6.07, 6.45) is 4.72. The molecule has 0 amide bonds. The Labute approximate surface area is 107 Å². The first-order chi connectivity index (χ1) is 8.22. The van der Waals surface area contributed by atoms with Gasteiger partial charge < -0.3 is 5.32 Å². The third-order valence-electron chi connectivity index (χ3n) is 3.66. The van der Waals surface area contributed by atoms with E-state index in [1.165, 1.54) is 25.3 Å². The molecule has 1 aliphatic rings. The average Bonchev–Trinajstić information content (AvgIpc) is 2.22. The standard InChI is InChI=1S/C14H19ClFN/c1-2-17-13(10-5-3-6-10)9-11-7-4-8-12(16)14(11)15/h4,7-8,10,13,17H,2-3,5-6,9H2,1H3. The molecule has 1 aromatic rings. The smallest absolute Gasteiger partial charge is 0.142 e. The molecule has 0 aromatic heterocycles. The maximum atomic E-state index is 13.4. The second-order valence-corrected chi connectivity index (χ2v) is 5.15. The number of rotatable bonds is 5. The van der Waals surface area contributed by atoms with E-state index in [1.807, 2.05) is 6.07 Å². The van der Waals surface area contributed by atoms with Crippen molar-refractivity contribution in [3.63, 3.8) is 0 Å². The van der Waals surface area contributed by atoms with Crippen molar-refractivity contribution in [2.75, 3.05) is 6.54 Å². The van der Waals surface area contributed by atoms with Gasteiger partial charge in [0.05, 0.1) is 5.02 Å². The summed E-state index contributed by atoms with van der Waals surface area (Å²) in [5.74, 6) is 0.419. The van der Waals surface area contributed by atoms with E-state index in [4.69, 9.17) is 11.6 Å². The Balaban J connectivity index is 2.08. The Morgan fingerprint density at radius 3 is 2.82 bits per heavy atom. The summed E-state index contributed by atoms with van der Waals surface area (Å²) in [6.45, 7) is 3.06. The second kappa shape index (κ2) is 5.83. The number of halogens is 2. The fraction of sp³-hybridized carbons (Fsp3) is 0.571. The van der Waals surface area contributed by atoms with Crippen LogP contribution in [0.5, 0.6) is 0 Å². The molecule has 17 heavy (non-hydrogen) atoms. The second-order valence-electron chi connectivity index (χ2n) is 4.77. The molecule has 1 N–H and O–H groups in total. The lowest BCUT2D eigenvalue weighted by atomic mass is 9.77. The highest BCUT2D eigenvalue weighted by Crippen LogP contribution is 2.32. The molecule has 0 bridgehead atoms. The van der Waals surface area contributed by atoms with Gasteiger partial charge >= 0.3 is 0 Å². The average molecular weight is 256 g/mol. The first-order valence-corrected chi connectivity index (χ1v) is 6.76. The van der Waals surface area contributed by atoms with Crippen molar-refractivity contribution < 1.29 is 4.39 Å². The third-order valence-corrected chi connectivity index (χ3v) is 4.08. The van der Waals surface area contributed by atoms with E-state index in [0.29, 0.717) is 6.04 Å². The van der Waals surface area contributed by atoms with Gasteiger partial charge in [-0.3, -0.25) is 0 Å². The Hall–Kier alpha value is -0.600. The van der Waals surface area contributed by atoms with E-state index in [1.54, 1.807) is 6.07 Å². The molecule has 1 nitrogen and oxygen atoms in total. The van der Waals surface area contributed by atoms with Gasteiger partial charge in [0.15, 0.2) is 0 Å². The van der Waals surface area contributed by atoms with Crippen LogP contribution >= 0.6 is 11.6 Å². The Kier molecular flexibility index (Phi) is 4.41. The van der Waals surface area contributed by atoms with Crippen molar-refractivity contribution in [2.24, 2.45) is 5.92 Å². The van der Waals surface area contributed by atoms with Crippen molar-refractivity contribution in [1.29, 1.82) is 0 Å². The summed E-state index contributed by atoms with van der Waals surface area (Å²) in [7, 11) is 0. The van der Waals surface area contributed by atoms with Gasteiger partial charge in [0.1, 0.15) is 5.82 Å². The minimum absolute atomic E-state index is 0.287. The lowest BCUT2D eigenvalue weighted by Crippen LogP contribution is -2.41. The minimum Gasteiger partial charge on any atom is -0.314 e. The first-order valence-electron chi connectivity index (χ1n) is 6.38. The molecule has 0 radical (unpaired) electrons. The predicted octanol–water partition coefficient (Wildman–Crippen LogP) is 3.80. The molecule has 1 saturated carbocycles. The highest BCUT2D eigenvalue weighted by molar-refractivity contribution is 6.31. The van der Waals surface area contributed by atoms with Crippen LogP contribution in [-0.4, -0.2) is 12.6 Å². The molecule has 0 saturated heterocycles. The normalized spacial score (nSPS) is 17.8. The summed E-state index contributed by atoms with van der Waals surface area (Å²) in [4.78, 5) is 0. The Morgan fingerprint density at radius 1 is 1.47 bits per heavy atom. The summed E-state index contributed by atoms with van der Waals surface area (Å²) in [5, 5.41) is 3.79. The minimum atomic E-state index is -0.312. The van der Waals surface area contributed by atoms with Crippen LogP contribution in [0.3, 0.4) is 0 Å². The van der Waals surface area contributed by atoms with Crippen molar-refractivity contribution >= 4 is 11.6 Å². The molecule has 0 heterocycles. The van der Waals surface area contributed by atoms with Crippen LogP contribution in [0.15, 0.2) is 18.2 Å². The zero-order valence-electron chi connectivity index (χ0n) is 10.2. The quantitative estimate of drug-likeness (QED) is 0.844. The van der Waals surface area contributed by atoms with Crippen LogP contribution in [0.4, 0.5) is 4.39 Å². The SMILES string of the molecule is CCNC(Cc1cccc(F)c1Cl)C1CCC1. The van der Waals surface area contributed by atoms with Gasteiger partial charge in [-0.2, -0.15) is 0 Å². The van der Waals surface area contributed by atoms with E-state index in [9.17, 15) is 4.39 Å². The Bertz CT molecular complexity index is 376. The number of likely N-dealkylation sites (N-methyl/N-ethyl adjacent to an activating group) is 1. The number of nitrogens with one attached hydrogen (secondary N) is 1. The van der Waals surface area contributed by atoms with Gasteiger partial charge in [0, 0.05) is 6.04 Å². The van der Waals surface area contributed by atoms with Gasteiger partial charge in [-0.05, 0) is 43.4 Å². The zero-order valence-corrected chi connectivity index (χ0v) is 10.9. The molecule has 1 aromatic carbocycles. The highest BCUT2D eigenvalue weighted by Gasteiger charge is 2.27. The largest absolute Gasteiger partial charge is 0.314 e. The van der Waals surface area contributed by atoms with E-state index in [2.05, 4.69) is 12.2 Å². The van der Waals surface area contributed by atoms with Crippen LogP contribution in [0.2, 0.25) is 5.02 Å². The summed E-state index contributed by atoms with van der Waals surface area (Å²) in [5.41, 5.74) is 0.921. The zero-order chi connectivity index (χ0) is 12.3. The first kappa shape index (κ1) is 12.8. The van der Waals surface area contributed by atoms with Gasteiger partial charge in [-0.1, -0.05) is 37.1 Å². The maximum Gasteiger partial charge on any atom is 0.142 e. The molecule has 0 spiro atoms. The number of hydrogen-bond acceptors (Lipinski definition) is 1. The molecule has 94 valence electrons. The topological polar surface area (TPSA) is 12.0 Å². The van der Waals surface area contributed by atoms with Crippen LogP contribution in [0.1, 0.15) is 31.7 Å². The number of hydrogen-bond donors (Lipinski definition) is 1. The summed E-state index contributed by atoms with van der Waals surface area (Å²) in [6, 6.07) is 5.51. The van der Waals surface area contributed by atoms with Crippen molar-refractivity contribution in [3.8, 4) is 0 Å². The van der Waals surface area contributed by atoms with Crippen molar-refractivity contribution in [1.82, 2.24) is 5.32 Å². The predicted molar refractivity (Wildman–Crippen MR) is 69.9 cm³/mol. The van der Waals surface area contributed by atoms with Gasteiger partial charge in [-0.25, -0.2) is 4.39 Å². The molecule has 2 rings (SSSR count). The van der Waals surface area contributed by atoms with Crippen LogP contribution < -0.4 is 5.32 Å². The van der Waals surface area contributed by atoms with E-state index >= 15 is 0 Å². The van der Waals surface area contributed by atoms with Crippen molar-refractivity contribution in [2.45, 2.75) is 38.6 Å². The molecule has 1 aliphatic carbocycles. The van der Waals surface area contributed by atoms with Gasteiger partial charge in [0.25, 0.3) is 0 Å². The van der Waals surface area contributed by atoms with Gasteiger partial charge in [0.2, 0.25) is 0 Å². The van der Waals surface area contributed by atoms with E-state index in [-0.39, 0.29) is 10.8 Å². The monoisotopic (exact) mass is 255 g/mol. The molecule has 1 atom stereocenters. The summed E-state index contributed by atoms with van der Waals surface area (Å²) < 4.78 is 13.4.